The highest BCUT2D eigenvalue weighted by Crippen LogP contribution is 2.68. The zero-order valence-corrected chi connectivity index (χ0v) is 15.2. The first-order chi connectivity index (χ1) is 10.7. The van der Waals surface area contributed by atoms with E-state index in [9.17, 15) is 0 Å². The van der Waals surface area contributed by atoms with Crippen LogP contribution in [0.5, 0.6) is 0 Å². The summed E-state index contributed by atoms with van der Waals surface area (Å²) >= 11 is 0. The molecular weight excluding hydrogens is 264 g/mol. The first kappa shape index (κ1) is 15.3. The summed E-state index contributed by atoms with van der Waals surface area (Å²) in [4.78, 5) is 0. The molecule has 22 heavy (non-hydrogen) atoms. The molecule has 4 aliphatic carbocycles. The van der Waals surface area contributed by atoms with Crippen LogP contribution in [0.25, 0.3) is 0 Å². The van der Waals surface area contributed by atoms with Crippen LogP contribution in [0.2, 0.25) is 0 Å². The van der Waals surface area contributed by atoms with Gasteiger partial charge in [0.1, 0.15) is 0 Å². The van der Waals surface area contributed by atoms with E-state index in [1.807, 2.05) is 5.57 Å². The monoisotopic (exact) mass is 300 g/mol. The fraction of sp³-hybridized carbons (Fsp3) is 0.909. The van der Waals surface area contributed by atoms with Crippen LogP contribution in [-0.2, 0) is 0 Å². The van der Waals surface area contributed by atoms with Crippen LogP contribution in [0, 0.1) is 34.5 Å². The Hall–Kier alpha value is -0.260. The molecule has 0 nitrogen and oxygen atoms in total. The van der Waals surface area contributed by atoms with Gasteiger partial charge in [-0.2, -0.15) is 0 Å². The van der Waals surface area contributed by atoms with Gasteiger partial charge in [-0.05, 0) is 99.2 Å². The van der Waals surface area contributed by atoms with Crippen molar-refractivity contribution in [3.63, 3.8) is 0 Å². The quantitative estimate of drug-likeness (QED) is 0.469. The van der Waals surface area contributed by atoms with Crippen molar-refractivity contribution >= 4 is 0 Å². The van der Waals surface area contributed by atoms with E-state index in [4.69, 9.17) is 0 Å². The molecule has 4 fully saturated rings. The van der Waals surface area contributed by atoms with E-state index in [0.29, 0.717) is 5.41 Å². The van der Waals surface area contributed by atoms with Gasteiger partial charge in [0.05, 0.1) is 0 Å². The predicted octanol–water partition coefficient (Wildman–Crippen LogP) is 6.76. The third-order valence-electron chi connectivity index (χ3n) is 9.14. The Labute approximate surface area is 138 Å². The van der Waals surface area contributed by atoms with E-state index in [2.05, 4.69) is 26.8 Å². The third kappa shape index (κ3) is 1.88. The van der Waals surface area contributed by atoms with Crippen LogP contribution in [0.15, 0.2) is 11.6 Å². The number of fused-ring (bicyclic) bond motifs is 5. The Bertz CT molecular complexity index is 461. The molecule has 0 radical (unpaired) electrons. The summed E-state index contributed by atoms with van der Waals surface area (Å²) in [6.45, 7) is 7.45. The maximum absolute atomic E-state index is 2.63. The molecule has 0 N–H and O–H groups in total. The van der Waals surface area contributed by atoms with Gasteiger partial charge in [-0.15, -0.1) is 0 Å². The Morgan fingerprint density at radius 1 is 1.00 bits per heavy atom. The summed E-state index contributed by atoms with van der Waals surface area (Å²) < 4.78 is 0. The van der Waals surface area contributed by atoms with E-state index in [1.165, 1.54) is 38.5 Å². The lowest BCUT2D eigenvalue weighted by molar-refractivity contribution is -0.110. The van der Waals surface area contributed by atoms with Crippen molar-refractivity contribution in [3.8, 4) is 0 Å². The van der Waals surface area contributed by atoms with Crippen molar-refractivity contribution < 1.29 is 0 Å². The fourth-order valence-electron chi connectivity index (χ4n) is 8.10. The zero-order valence-electron chi connectivity index (χ0n) is 15.2. The van der Waals surface area contributed by atoms with Gasteiger partial charge in [0.15, 0.2) is 0 Å². The number of hydrogen-bond acceptors (Lipinski definition) is 0. The molecule has 4 rings (SSSR count). The summed E-state index contributed by atoms with van der Waals surface area (Å²) in [5.74, 6) is 4.24. The average molecular weight is 301 g/mol. The van der Waals surface area contributed by atoms with E-state index in [0.717, 1.165) is 29.1 Å². The molecule has 124 valence electrons. The van der Waals surface area contributed by atoms with Crippen LogP contribution in [0.3, 0.4) is 0 Å². The molecule has 0 aliphatic heterocycles. The summed E-state index contributed by atoms with van der Waals surface area (Å²) in [6, 6.07) is 0. The summed E-state index contributed by atoms with van der Waals surface area (Å²) in [6.07, 6.45) is 19.2. The molecular formula is C22H36. The van der Waals surface area contributed by atoms with E-state index >= 15 is 0 Å². The average Bonchev–Trinajstić information content (AvgIpc) is 2.90. The van der Waals surface area contributed by atoms with Crippen molar-refractivity contribution in [2.75, 3.05) is 0 Å². The van der Waals surface area contributed by atoms with Crippen molar-refractivity contribution in [3.05, 3.63) is 11.6 Å². The molecule has 0 heterocycles. The van der Waals surface area contributed by atoms with Crippen molar-refractivity contribution in [1.82, 2.24) is 0 Å². The zero-order chi connectivity index (χ0) is 15.4. The maximum Gasteiger partial charge on any atom is -0.00853 e. The normalized spacial score (nSPS) is 53.0. The molecule has 0 aromatic carbocycles. The molecule has 4 saturated carbocycles. The van der Waals surface area contributed by atoms with Crippen molar-refractivity contribution in [1.29, 1.82) is 0 Å². The molecule has 0 bridgehead atoms. The molecule has 0 amide bonds. The summed E-state index contributed by atoms with van der Waals surface area (Å²) in [5, 5.41) is 0. The van der Waals surface area contributed by atoms with Gasteiger partial charge in [-0.3, -0.25) is 0 Å². The largest absolute Gasteiger partial charge is 0.0879 e. The van der Waals surface area contributed by atoms with E-state index in [-0.39, 0.29) is 0 Å². The van der Waals surface area contributed by atoms with Gasteiger partial charge in [0.2, 0.25) is 0 Å². The van der Waals surface area contributed by atoms with Gasteiger partial charge in [0.25, 0.3) is 0 Å². The second-order valence-electron chi connectivity index (χ2n) is 9.29. The van der Waals surface area contributed by atoms with Gasteiger partial charge in [-0.25, -0.2) is 0 Å². The molecule has 6 unspecified atom stereocenters. The highest BCUT2D eigenvalue weighted by molar-refractivity contribution is 5.23. The van der Waals surface area contributed by atoms with Crippen molar-refractivity contribution in [2.45, 2.75) is 91.4 Å². The standard InChI is InChI=1S/C22H36/c1-4-16-10-12-19-18-11-9-17-8-6-7-14-22(17,5-2)20(18)13-15-21(16,19)3/h4,17-20H,5-15H2,1-3H3. The first-order valence-corrected chi connectivity index (χ1v) is 10.3. The van der Waals surface area contributed by atoms with Crippen LogP contribution >= 0.6 is 0 Å². The molecule has 0 aromatic heterocycles. The summed E-state index contributed by atoms with van der Waals surface area (Å²) in [7, 11) is 0. The second-order valence-corrected chi connectivity index (χ2v) is 9.29. The maximum atomic E-state index is 2.63. The van der Waals surface area contributed by atoms with Gasteiger partial charge in [-0.1, -0.05) is 38.3 Å². The number of hydrogen-bond donors (Lipinski definition) is 0. The summed E-state index contributed by atoms with van der Waals surface area (Å²) in [5.41, 5.74) is 3.14. The minimum absolute atomic E-state index is 0.576. The minimum atomic E-state index is 0.576. The van der Waals surface area contributed by atoms with E-state index < -0.39 is 0 Å². The highest BCUT2D eigenvalue weighted by Gasteiger charge is 2.58. The smallest absolute Gasteiger partial charge is 0.00853 e. The van der Waals surface area contributed by atoms with Gasteiger partial charge < -0.3 is 0 Å². The first-order valence-electron chi connectivity index (χ1n) is 10.3. The van der Waals surface area contributed by atoms with Crippen LogP contribution in [0.1, 0.15) is 91.4 Å². The third-order valence-corrected chi connectivity index (χ3v) is 9.14. The van der Waals surface area contributed by atoms with Crippen LogP contribution in [-0.4, -0.2) is 0 Å². The van der Waals surface area contributed by atoms with Crippen LogP contribution < -0.4 is 0 Å². The Morgan fingerprint density at radius 2 is 1.86 bits per heavy atom. The lowest BCUT2D eigenvalue weighted by Crippen LogP contribution is -2.53. The topological polar surface area (TPSA) is 0 Å². The van der Waals surface area contributed by atoms with Crippen LogP contribution in [0.4, 0.5) is 0 Å². The Balaban J connectivity index is 1.67. The van der Waals surface area contributed by atoms with E-state index in [1.54, 1.807) is 32.1 Å². The van der Waals surface area contributed by atoms with Gasteiger partial charge in [0, 0.05) is 0 Å². The lowest BCUT2D eigenvalue weighted by atomic mass is 9.44. The molecule has 0 saturated heterocycles. The predicted molar refractivity (Wildman–Crippen MR) is 94.7 cm³/mol. The Kier molecular flexibility index (Phi) is 3.74. The molecule has 0 spiro atoms. The van der Waals surface area contributed by atoms with Crippen molar-refractivity contribution in [2.24, 2.45) is 34.5 Å². The minimum Gasteiger partial charge on any atom is -0.0879 e. The molecule has 6 atom stereocenters. The second kappa shape index (κ2) is 5.38. The van der Waals surface area contributed by atoms with Gasteiger partial charge >= 0.3 is 0 Å². The Morgan fingerprint density at radius 3 is 2.64 bits per heavy atom. The molecule has 4 aliphatic rings. The number of rotatable bonds is 1. The fourth-order valence-corrected chi connectivity index (χ4v) is 8.10. The molecule has 0 heteroatoms. The number of allylic oxidation sites excluding steroid dienone is 2. The SMILES string of the molecule is CC=C1CCC2C3CCC4CCCCC4(CC)C3CCC12C. The lowest BCUT2D eigenvalue weighted by Gasteiger charge is -2.61. The highest BCUT2D eigenvalue weighted by atomic mass is 14.6. The molecule has 0 aromatic rings.